The summed E-state index contributed by atoms with van der Waals surface area (Å²) in [5.41, 5.74) is 4.75. The summed E-state index contributed by atoms with van der Waals surface area (Å²) in [7, 11) is 0. The Morgan fingerprint density at radius 3 is 3.09 bits per heavy atom. The lowest BCUT2D eigenvalue weighted by Gasteiger charge is -2.27. The van der Waals surface area contributed by atoms with E-state index in [-0.39, 0.29) is 11.9 Å². The largest absolute Gasteiger partial charge is 0.358 e. The summed E-state index contributed by atoms with van der Waals surface area (Å²) in [6.07, 6.45) is 5.67. The number of hydrogen-bond acceptors (Lipinski definition) is 2. The van der Waals surface area contributed by atoms with E-state index in [9.17, 15) is 4.39 Å². The number of nitrogens with zero attached hydrogens (tertiary/aromatic N) is 1. The van der Waals surface area contributed by atoms with E-state index in [1.54, 1.807) is 12.3 Å². The van der Waals surface area contributed by atoms with Crippen LogP contribution in [0, 0.1) is 5.82 Å². The van der Waals surface area contributed by atoms with Crippen molar-refractivity contribution in [3.05, 3.63) is 65.4 Å². The van der Waals surface area contributed by atoms with Gasteiger partial charge in [0.2, 0.25) is 0 Å². The Kier molecular flexibility index (Phi) is 3.62. The third-order valence-corrected chi connectivity index (χ3v) is 4.84. The minimum atomic E-state index is -0.177. The Balaban J connectivity index is 1.70. The Labute approximate surface area is 134 Å². The SMILES string of the molecule is CC(CC1NCCc2[nH]c3ccc(F)cc3c21)c1cccnc1. The Hall–Kier alpha value is -2.20. The molecule has 0 amide bonds. The molecule has 0 saturated carbocycles. The highest BCUT2D eigenvalue weighted by Gasteiger charge is 2.26. The van der Waals surface area contributed by atoms with Crippen molar-refractivity contribution in [2.45, 2.75) is 31.7 Å². The molecule has 0 bridgehead atoms. The van der Waals surface area contributed by atoms with Crippen molar-refractivity contribution in [1.82, 2.24) is 15.3 Å². The van der Waals surface area contributed by atoms with E-state index in [1.807, 2.05) is 18.3 Å². The molecule has 0 fully saturated rings. The maximum atomic E-state index is 13.7. The number of aromatic amines is 1. The van der Waals surface area contributed by atoms with Crippen LogP contribution in [-0.2, 0) is 6.42 Å². The zero-order chi connectivity index (χ0) is 15.8. The van der Waals surface area contributed by atoms with Crippen LogP contribution in [0.25, 0.3) is 10.9 Å². The molecule has 1 aliphatic rings. The average molecular weight is 309 g/mol. The number of nitrogens with one attached hydrogen (secondary N) is 2. The van der Waals surface area contributed by atoms with E-state index in [2.05, 4.69) is 28.3 Å². The topological polar surface area (TPSA) is 40.7 Å². The van der Waals surface area contributed by atoms with Crippen LogP contribution in [0.5, 0.6) is 0 Å². The van der Waals surface area contributed by atoms with Gasteiger partial charge in [0.1, 0.15) is 5.82 Å². The number of fused-ring (bicyclic) bond motifs is 3. The molecule has 2 atom stereocenters. The number of aromatic nitrogens is 2. The summed E-state index contributed by atoms with van der Waals surface area (Å²) in [4.78, 5) is 7.69. The number of benzene rings is 1. The van der Waals surface area contributed by atoms with Gasteiger partial charge in [-0.3, -0.25) is 4.98 Å². The summed E-state index contributed by atoms with van der Waals surface area (Å²) in [6.45, 7) is 3.18. The maximum absolute atomic E-state index is 13.7. The van der Waals surface area contributed by atoms with Gasteiger partial charge in [-0.05, 0) is 47.7 Å². The smallest absolute Gasteiger partial charge is 0.123 e. The second kappa shape index (κ2) is 5.78. The molecule has 2 unspecified atom stereocenters. The standard InChI is InChI=1S/C19H20FN3/c1-12(13-3-2-7-21-11-13)9-18-19-15-10-14(20)4-5-16(15)23-17(19)6-8-22-18/h2-5,7,10-12,18,22-23H,6,8-9H2,1H3. The lowest BCUT2D eigenvalue weighted by atomic mass is 9.88. The molecule has 1 aromatic carbocycles. The molecule has 3 aromatic rings. The van der Waals surface area contributed by atoms with Crippen LogP contribution in [-0.4, -0.2) is 16.5 Å². The second-order valence-electron chi connectivity index (χ2n) is 6.39. The third kappa shape index (κ3) is 2.63. The summed E-state index contributed by atoms with van der Waals surface area (Å²) in [5, 5.41) is 4.62. The summed E-state index contributed by atoms with van der Waals surface area (Å²) < 4.78 is 13.7. The normalized spacial score (nSPS) is 18.8. The molecule has 2 N–H and O–H groups in total. The first-order valence-electron chi connectivity index (χ1n) is 8.15. The number of rotatable bonds is 3. The van der Waals surface area contributed by atoms with Gasteiger partial charge in [-0.25, -0.2) is 4.39 Å². The molecule has 0 saturated heterocycles. The molecule has 4 rings (SSSR count). The van der Waals surface area contributed by atoms with Gasteiger partial charge in [-0.1, -0.05) is 13.0 Å². The number of halogens is 1. The first-order valence-corrected chi connectivity index (χ1v) is 8.15. The molecule has 118 valence electrons. The summed E-state index contributed by atoms with van der Waals surface area (Å²) >= 11 is 0. The Morgan fingerprint density at radius 2 is 2.26 bits per heavy atom. The third-order valence-electron chi connectivity index (χ3n) is 4.84. The zero-order valence-electron chi connectivity index (χ0n) is 13.1. The van der Waals surface area contributed by atoms with E-state index in [4.69, 9.17) is 0 Å². The van der Waals surface area contributed by atoms with Gasteiger partial charge in [0.05, 0.1) is 0 Å². The molecule has 3 nitrogen and oxygen atoms in total. The van der Waals surface area contributed by atoms with Crippen molar-refractivity contribution in [2.75, 3.05) is 6.54 Å². The van der Waals surface area contributed by atoms with E-state index in [0.29, 0.717) is 5.92 Å². The minimum absolute atomic E-state index is 0.177. The van der Waals surface area contributed by atoms with E-state index >= 15 is 0 Å². The zero-order valence-corrected chi connectivity index (χ0v) is 13.1. The molecule has 23 heavy (non-hydrogen) atoms. The first kappa shape index (κ1) is 14.4. The highest BCUT2D eigenvalue weighted by molar-refractivity contribution is 5.85. The molecule has 0 spiro atoms. The highest BCUT2D eigenvalue weighted by atomic mass is 19.1. The van der Waals surface area contributed by atoms with Gasteiger partial charge in [0.15, 0.2) is 0 Å². The van der Waals surface area contributed by atoms with Crippen molar-refractivity contribution in [1.29, 1.82) is 0 Å². The fraction of sp³-hybridized carbons (Fsp3) is 0.316. The minimum Gasteiger partial charge on any atom is -0.358 e. The van der Waals surface area contributed by atoms with Gasteiger partial charge in [-0.2, -0.15) is 0 Å². The number of pyridine rings is 1. The van der Waals surface area contributed by atoms with Crippen LogP contribution in [0.3, 0.4) is 0 Å². The summed E-state index contributed by atoms with van der Waals surface area (Å²) in [6, 6.07) is 9.35. The lowest BCUT2D eigenvalue weighted by Crippen LogP contribution is -2.30. The van der Waals surface area contributed by atoms with Crippen LogP contribution in [0.4, 0.5) is 4.39 Å². The van der Waals surface area contributed by atoms with Crippen LogP contribution >= 0.6 is 0 Å². The molecule has 3 heterocycles. The van der Waals surface area contributed by atoms with Gasteiger partial charge in [-0.15, -0.1) is 0 Å². The van der Waals surface area contributed by atoms with Crippen LogP contribution in [0.1, 0.15) is 42.1 Å². The molecule has 4 heteroatoms. The number of hydrogen-bond donors (Lipinski definition) is 2. The molecule has 0 aliphatic carbocycles. The lowest BCUT2D eigenvalue weighted by molar-refractivity contribution is 0.446. The first-order chi connectivity index (χ1) is 11.2. The molecule has 2 aromatic heterocycles. The van der Waals surface area contributed by atoms with Gasteiger partial charge >= 0.3 is 0 Å². The molecule has 1 aliphatic heterocycles. The average Bonchev–Trinajstić information content (AvgIpc) is 2.94. The van der Waals surface area contributed by atoms with Crippen molar-refractivity contribution >= 4 is 10.9 Å². The van der Waals surface area contributed by atoms with Crippen molar-refractivity contribution < 1.29 is 4.39 Å². The predicted molar refractivity (Wildman–Crippen MR) is 90.0 cm³/mol. The van der Waals surface area contributed by atoms with Gasteiger partial charge in [0.25, 0.3) is 0 Å². The van der Waals surface area contributed by atoms with Crippen molar-refractivity contribution in [2.24, 2.45) is 0 Å². The van der Waals surface area contributed by atoms with Crippen molar-refractivity contribution in [3.63, 3.8) is 0 Å². The molecular weight excluding hydrogens is 289 g/mol. The fourth-order valence-corrected chi connectivity index (χ4v) is 3.67. The predicted octanol–water partition coefficient (Wildman–Crippen LogP) is 4.08. The second-order valence-corrected chi connectivity index (χ2v) is 6.39. The Morgan fingerprint density at radius 1 is 1.35 bits per heavy atom. The fourth-order valence-electron chi connectivity index (χ4n) is 3.67. The number of H-pyrrole nitrogens is 1. The maximum Gasteiger partial charge on any atom is 0.123 e. The molecular formula is C19H20FN3. The van der Waals surface area contributed by atoms with Crippen LogP contribution < -0.4 is 5.32 Å². The molecule has 0 radical (unpaired) electrons. The Bertz CT molecular complexity index is 825. The van der Waals surface area contributed by atoms with Crippen LogP contribution in [0.15, 0.2) is 42.7 Å². The van der Waals surface area contributed by atoms with Gasteiger partial charge in [0, 0.05) is 48.0 Å². The van der Waals surface area contributed by atoms with E-state index in [0.717, 1.165) is 30.3 Å². The quantitative estimate of drug-likeness (QED) is 0.765. The monoisotopic (exact) mass is 309 g/mol. The van der Waals surface area contributed by atoms with Crippen LogP contribution in [0.2, 0.25) is 0 Å². The van der Waals surface area contributed by atoms with Crippen molar-refractivity contribution in [3.8, 4) is 0 Å². The van der Waals surface area contributed by atoms with E-state index < -0.39 is 0 Å². The highest BCUT2D eigenvalue weighted by Crippen LogP contribution is 2.36. The van der Waals surface area contributed by atoms with E-state index in [1.165, 1.54) is 22.9 Å². The van der Waals surface area contributed by atoms with Gasteiger partial charge < -0.3 is 10.3 Å². The summed E-state index contributed by atoms with van der Waals surface area (Å²) in [5.74, 6) is 0.217.